The van der Waals surface area contributed by atoms with E-state index in [9.17, 15) is 4.39 Å². The fourth-order valence-corrected chi connectivity index (χ4v) is 1.93. The third-order valence-electron chi connectivity index (χ3n) is 2.69. The van der Waals surface area contributed by atoms with Crippen LogP contribution in [0.1, 0.15) is 18.5 Å². The van der Waals surface area contributed by atoms with Crippen LogP contribution in [0.3, 0.4) is 0 Å². The Morgan fingerprint density at radius 1 is 1.26 bits per heavy atom. The molecule has 0 amide bonds. The Morgan fingerprint density at radius 2 is 1.95 bits per heavy atom. The average Bonchev–Trinajstić information content (AvgIpc) is 2.42. The lowest BCUT2D eigenvalue weighted by Gasteiger charge is -2.16. The molecule has 1 heterocycles. The minimum Gasteiger partial charge on any atom is -0.362 e. The molecule has 0 aliphatic carbocycles. The Balaban J connectivity index is 2.18. The standard InChI is InChI=1S/C13H14BrFN4/c1-8(9-3-5-10(15)6-4-9)18-12-11(14)7-17-13(16-2)19-12/h3-8H,1-2H3,(H2,16,17,18,19). The average molecular weight is 325 g/mol. The Bertz CT molecular complexity index is 559. The topological polar surface area (TPSA) is 49.8 Å². The summed E-state index contributed by atoms with van der Waals surface area (Å²) in [5.74, 6) is 0.991. The summed E-state index contributed by atoms with van der Waals surface area (Å²) in [5, 5.41) is 6.14. The van der Waals surface area contributed by atoms with Gasteiger partial charge >= 0.3 is 0 Å². The SMILES string of the molecule is CNc1ncc(Br)c(NC(C)c2ccc(F)cc2)n1. The molecular weight excluding hydrogens is 311 g/mol. The van der Waals surface area contributed by atoms with E-state index in [0.29, 0.717) is 11.8 Å². The van der Waals surface area contributed by atoms with Crippen LogP contribution in [0.2, 0.25) is 0 Å². The summed E-state index contributed by atoms with van der Waals surface area (Å²) in [4.78, 5) is 8.41. The number of benzene rings is 1. The van der Waals surface area contributed by atoms with Crippen LogP contribution in [-0.4, -0.2) is 17.0 Å². The Labute approximate surface area is 119 Å². The number of anilines is 2. The Kier molecular flexibility index (Phi) is 4.31. The van der Waals surface area contributed by atoms with Crippen molar-refractivity contribution < 1.29 is 4.39 Å². The highest BCUT2D eigenvalue weighted by atomic mass is 79.9. The molecule has 4 nitrogen and oxygen atoms in total. The summed E-state index contributed by atoms with van der Waals surface area (Å²) in [6.45, 7) is 1.99. The molecular formula is C13H14BrFN4. The van der Waals surface area contributed by atoms with Gasteiger partial charge in [0.15, 0.2) is 0 Å². The van der Waals surface area contributed by atoms with Crippen molar-refractivity contribution in [2.75, 3.05) is 17.7 Å². The maximum absolute atomic E-state index is 12.9. The first-order valence-corrected chi connectivity index (χ1v) is 6.61. The highest BCUT2D eigenvalue weighted by Gasteiger charge is 2.10. The molecule has 1 unspecified atom stereocenters. The lowest BCUT2D eigenvalue weighted by Crippen LogP contribution is -2.10. The fraction of sp³-hybridized carbons (Fsp3) is 0.231. The van der Waals surface area contributed by atoms with Gasteiger partial charge in [-0.05, 0) is 40.5 Å². The van der Waals surface area contributed by atoms with Gasteiger partial charge in [0, 0.05) is 19.3 Å². The number of hydrogen-bond donors (Lipinski definition) is 2. The van der Waals surface area contributed by atoms with E-state index in [0.717, 1.165) is 10.0 Å². The molecule has 6 heteroatoms. The second-order valence-electron chi connectivity index (χ2n) is 4.06. The zero-order valence-corrected chi connectivity index (χ0v) is 12.2. The van der Waals surface area contributed by atoms with E-state index in [4.69, 9.17) is 0 Å². The quantitative estimate of drug-likeness (QED) is 0.902. The van der Waals surface area contributed by atoms with Crippen LogP contribution in [0, 0.1) is 5.82 Å². The van der Waals surface area contributed by atoms with Crippen LogP contribution in [0.15, 0.2) is 34.9 Å². The normalized spacial score (nSPS) is 12.0. The Morgan fingerprint density at radius 3 is 2.58 bits per heavy atom. The molecule has 0 aliphatic rings. The van der Waals surface area contributed by atoms with Crippen molar-refractivity contribution >= 4 is 27.7 Å². The molecule has 2 N–H and O–H groups in total. The molecule has 0 spiro atoms. The first-order valence-electron chi connectivity index (χ1n) is 5.82. The maximum Gasteiger partial charge on any atom is 0.224 e. The van der Waals surface area contributed by atoms with Gasteiger partial charge in [0.2, 0.25) is 5.95 Å². The van der Waals surface area contributed by atoms with E-state index in [1.807, 2.05) is 6.92 Å². The summed E-state index contributed by atoms with van der Waals surface area (Å²) in [5.41, 5.74) is 0.984. The predicted octanol–water partition coefficient (Wildman–Crippen LogP) is 3.59. The van der Waals surface area contributed by atoms with Crippen molar-refractivity contribution in [1.82, 2.24) is 9.97 Å². The van der Waals surface area contributed by atoms with E-state index in [-0.39, 0.29) is 11.9 Å². The van der Waals surface area contributed by atoms with E-state index in [1.54, 1.807) is 25.4 Å². The summed E-state index contributed by atoms with van der Waals surface area (Å²) >= 11 is 3.40. The van der Waals surface area contributed by atoms with Gasteiger partial charge in [-0.1, -0.05) is 12.1 Å². The van der Waals surface area contributed by atoms with E-state index in [1.165, 1.54) is 12.1 Å². The molecule has 0 saturated heterocycles. The molecule has 0 bridgehead atoms. The number of aromatic nitrogens is 2. The Hall–Kier alpha value is -1.69. The van der Waals surface area contributed by atoms with Crippen LogP contribution in [0.25, 0.3) is 0 Å². The number of nitrogens with one attached hydrogen (secondary N) is 2. The number of halogens is 2. The third kappa shape index (κ3) is 3.41. The van der Waals surface area contributed by atoms with Gasteiger partial charge in [-0.25, -0.2) is 9.37 Å². The van der Waals surface area contributed by atoms with Crippen LogP contribution in [0.4, 0.5) is 16.2 Å². The third-order valence-corrected chi connectivity index (χ3v) is 3.27. The molecule has 0 saturated carbocycles. The second kappa shape index (κ2) is 5.97. The lowest BCUT2D eigenvalue weighted by molar-refractivity contribution is 0.626. The summed E-state index contributed by atoms with van der Waals surface area (Å²) < 4.78 is 13.7. The molecule has 2 aromatic rings. The van der Waals surface area contributed by atoms with Crippen LogP contribution in [-0.2, 0) is 0 Å². The fourth-order valence-electron chi connectivity index (χ4n) is 1.63. The first kappa shape index (κ1) is 13.7. The molecule has 100 valence electrons. The summed E-state index contributed by atoms with van der Waals surface area (Å²) in [6, 6.07) is 6.40. The lowest BCUT2D eigenvalue weighted by atomic mass is 10.1. The van der Waals surface area contributed by atoms with Gasteiger partial charge in [-0.15, -0.1) is 0 Å². The first-order chi connectivity index (χ1) is 9.10. The number of hydrogen-bond acceptors (Lipinski definition) is 4. The highest BCUT2D eigenvalue weighted by Crippen LogP contribution is 2.25. The zero-order chi connectivity index (χ0) is 13.8. The van der Waals surface area contributed by atoms with E-state index in [2.05, 4.69) is 36.5 Å². The van der Waals surface area contributed by atoms with Crippen molar-refractivity contribution in [2.45, 2.75) is 13.0 Å². The van der Waals surface area contributed by atoms with Gasteiger partial charge in [-0.2, -0.15) is 4.98 Å². The van der Waals surface area contributed by atoms with Crippen molar-refractivity contribution in [3.63, 3.8) is 0 Å². The maximum atomic E-state index is 12.9. The molecule has 1 aromatic heterocycles. The number of nitrogens with zero attached hydrogens (tertiary/aromatic N) is 2. The van der Waals surface area contributed by atoms with Crippen LogP contribution in [0.5, 0.6) is 0 Å². The van der Waals surface area contributed by atoms with E-state index < -0.39 is 0 Å². The van der Waals surface area contributed by atoms with Gasteiger partial charge in [0.1, 0.15) is 11.6 Å². The van der Waals surface area contributed by atoms with Crippen LogP contribution < -0.4 is 10.6 Å². The van der Waals surface area contributed by atoms with Crippen molar-refractivity contribution in [1.29, 1.82) is 0 Å². The van der Waals surface area contributed by atoms with Crippen molar-refractivity contribution in [3.05, 3.63) is 46.3 Å². The summed E-state index contributed by atoms with van der Waals surface area (Å²) in [6.07, 6.45) is 1.68. The van der Waals surface area contributed by atoms with Crippen LogP contribution >= 0.6 is 15.9 Å². The van der Waals surface area contributed by atoms with Gasteiger partial charge in [0.25, 0.3) is 0 Å². The molecule has 0 radical (unpaired) electrons. The largest absolute Gasteiger partial charge is 0.362 e. The molecule has 19 heavy (non-hydrogen) atoms. The summed E-state index contributed by atoms with van der Waals surface area (Å²) in [7, 11) is 1.76. The second-order valence-corrected chi connectivity index (χ2v) is 4.91. The smallest absolute Gasteiger partial charge is 0.224 e. The van der Waals surface area contributed by atoms with Gasteiger partial charge in [0.05, 0.1) is 4.47 Å². The van der Waals surface area contributed by atoms with Crippen molar-refractivity contribution in [3.8, 4) is 0 Å². The van der Waals surface area contributed by atoms with Gasteiger partial charge in [-0.3, -0.25) is 0 Å². The molecule has 0 aliphatic heterocycles. The van der Waals surface area contributed by atoms with Crippen molar-refractivity contribution in [2.24, 2.45) is 0 Å². The minimum atomic E-state index is -0.239. The molecule has 2 rings (SSSR count). The zero-order valence-electron chi connectivity index (χ0n) is 10.6. The monoisotopic (exact) mass is 324 g/mol. The highest BCUT2D eigenvalue weighted by molar-refractivity contribution is 9.10. The molecule has 1 atom stereocenters. The minimum absolute atomic E-state index is 0.0107. The number of rotatable bonds is 4. The van der Waals surface area contributed by atoms with E-state index >= 15 is 0 Å². The molecule has 0 fully saturated rings. The molecule has 1 aromatic carbocycles. The van der Waals surface area contributed by atoms with Gasteiger partial charge < -0.3 is 10.6 Å². The predicted molar refractivity (Wildman–Crippen MR) is 77.7 cm³/mol.